The predicted octanol–water partition coefficient (Wildman–Crippen LogP) is 0.683. The Kier molecular flexibility index (Phi) is 4.06. The average molecular weight is 293 g/mol. The number of carboxylic acids is 1. The number of anilines is 1. The van der Waals surface area contributed by atoms with Gasteiger partial charge >= 0.3 is 5.97 Å². The van der Waals surface area contributed by atoms with Crippen molar-refractivity contribution in [3.63, 3.8) is 0 Å². The minimum Gasteiger partial charge on any atom is -0.481 e. The Morgan fingerprint density at radius 2 is 2.24 bits per heavy atom. The van der Waals surface area contributed by atoms with Crippen LogP contribution in [0.3, 0.4) is 0 Å². The quantitative estimate of drug-likeness (QED) is 0.623. The minimum absolute atomic E-state index is 0.0787. The topological polar surface area (TPSA) is 113 Å². The van der Waals surface area contributed by atoms with E-state index in [9.17, 15) is 19.7 Å². The van der Waals surface area contributed by atoms with E-state index in [-0.39, 0.29) is 18.0 Å². The first kappa shape index (κ1) is 14.8. The first-order valence-electron chi connectivity index (χ1n) is 6.40. The highest BCUT2D eigenvalue weighted by Gasteiger charge is 2.32. The lowest BCUT2D eigenvalue weighted by atomic mass is 10.1. The third kappa shape index (κ3) is 3.28. The number of benzene rings is 1. The molecule has 1 fully saturated rings. The molecule has 2 N–H and O–H groups in total. The maximum atomic E-state index is 11.9. The Morgan fingerprint density at radius 3 is 2.86 bits per heavy atom. The molecule has 1 aliphatic heterocycles. The highest BCUT2D eigenvalue weighted by atomic mass is 16.6. The summed E-state index contributed by atoms with van der Waals surface area (Å²) in [4.78, 5) is 34.8. The molecule has 1 unspecified atom stereocenters. The number of nitro groups is 1. The second kappa shape index (κ2) is 5.78. The van der Waals surface area contributed by atoms with Gasteiger partial charge in [0.1, 0.15) is 6.04 Å². The van der Waals surface area contributed by atoms with Gasteiger partial charge in [0.25, 0.3) is 5.69 Å². The Morgan fingerprint density at radius 1 is 1.52 bits per heavy atom. The van der Waals surface area contributed by atoms with Gasteiger partial charge in [0.05, 0.1) is 11.3 Å². The van der Waals surface area contributed by atoms with Crippen LogP contribution < -0.4 is 10.2 Å². The smallest absolute Gasteiger partial charge is 0.305 e. The highest BCUT2D eigenvalue weighted by Crippen LogP contribution is 2.27. The summed E-state index contributed by atoms with van der Waals surface area (Å²) in [7, 11) is 0. The summed E-state index contributed by atoms with van der Waals surface area (Å²) in [6, 6.07) is 3.64. The van der Waals surface area contributed by atoms with E-state index in [1.807, 2.05) is 0 Å². The van der Waals surface area contributed by atoms with Gasteiger partial charge in [-0.15, -0.1) is 0 Å². The molecule has 1 amide bonds. The Balaban J connectivity index is 2.39. The lowest BCUT2D eigenvalue weighted by molar-refractivity contribution is -0.384. The molecule has 1 atom stereocenters. The lowest BCUT2D eigenvalue weighted by Crippen LogP contribution is -2.56. The van der Waals surface area contributed by atoms with Crippen LogP contribution in [0.5, 0.6) is 0 Å². The molecule has 8 nitrogen and oxygen atoms in total. The molecule has 21 heavy (non-hydrogen) atoms. The van der Waals surface area contributed by atoms with Crippen molar-refractivity contribution in [2.24, 2.45) is 0 Å². The molecular formula is C13H15N3O5. The SMILES string of the molecule is Cc1cc(N2CCNC(=O)C2CC(=O)O)cc([N+](=O)[O-])c1. The van der Waals surface area contributed by atoms with E-state index in [2.05, 4.69) is 5.32 Å². The van der Waals surface area contributed by atoms with Gasteiger partial charge < -0.3 is 15.3 Å². The van der Waals surface area contributed by atoms with Crippen LogP contribution in [0.25, 0.3) is 0 Å². The van der Waals surface area contributed by atoms with E-state index < -0.39 is 16.9 Å². The van der Waals surface area contributed by atoms with Gasteiger partial charge in [-0.3, -0.25) is 19.7 Å². The first-order valence-corrected chi connectivity index (χ1v) is 6.40. The molecular weight excluding hydrogens is 278 g/mol. The van der Waals surface area contributed by atoms with Gasteiger partial charge in [0.15, 0.2) is 0 Å². The van der Waals surface area contributed by atoms with Crippen LogP contribution in [-0.4, -0.2) is 41.0 Å². The summed E-state index contributed by atoms with van der Waals surface area (Å²) in [5.41, 5.74) is 1.09. The van der Waals surface area contributed by atoms with E-state index in [0.717, 1.165) is 0 Å². The minimum atomic E-state index is -1.09. The fourth-order valence-corrected chi connectivity index (χ4v) is 2.41. The number of amides is 1. The van der Waals surface area contributed by atoms with Crippen molar-refractivity contribution in [2.75, 3.05) is 18.0 Å². The maximum Gasteiger partial charge on any atom is 0.305 e. The number of piperazine rings is 1. The molecule has 1 aliphatic rings. The molecule has 2 rings (SSSR count). The summed E-state index contributed by atoms with van der Waals surface area (Å²) in [6.45, 7) is 2.49. The maximum absolute atomic E-state index is 11.9. The second-order valence-corrected chi connectivity index (χ2v) is 4.88. The zero-order chi connectivity index (χ0) is 15.6. The fourth-order valence-electron chi connectivity index (χ4n) is 2.41. The van der Waals surface area contributed by atoms with Crippen LogP contribution in [0.2, 0.25) is 0 Å². The molecule has 0 saturated carbocycles. The van der Waals surface area contributed by atoms with Gasteiger partial charge in [-0.2, -0.15) is 0 Å². The number of hydrogen-bond donors (Lipinski definition) is 2. The monoisotopic (exact) mass is 293 g/mol. The molecule has 0 spiro atoms. The predicted molar refractivity (Wildman–Crippen MR) is 74.2 cm³/mol. The first-order chi connectivity index (χ1) is 9.88. The number of carbonyl (C=O) groups excluding carboxylic acids is 1. The van der Waals surface area contributed by atoms with E-state index in [1.165, 1.54) is 12.1 Å². The number of nitrogens with one attached hydrogen (secondary N) is 1. The van der Waals surface area contributed by atoms with Crippen molar-refractivity contribution in [3.05, 3.63) is 33.9 Å². The van der Waals surface area contributed by atoms with Gasteiger partial charge in [-0.1, -0.05) is 0 Å². The number of carbonyl (C=O) groups is 2. The molecule has 1 heterocycles. The van der Waals surface area contributed by atoms with Crippen molar-refractivity contribution in [3.8, 4) is 0 Å². The third-order valence-corrected chi connectivity index (χ3v) is 3.29. The average Bonchev–Trinajstić information content (AvgIpc) is 2.39. The highest BCUT2D eigenvalue weighted by molar-refractivity contribution is 5.90. The number of aliphatic carboxylic acids is 1. The number of rotatable bonds is 4. The van der Waals surface area contributed by atoms with Gasteiger partial charge in [0.2, 0.25) is 5.91 Å². The standard InChI is InChI=1S/C13H15N3O5/c1-8-4-9(6-10(5-8)16(20)21)15-3-2-14-13(19)11(15)7-12(17)18/h4-6,11H,2-3,7H2,1H3,(H,14,19)(H,17,18). The number of non-ortho nitro benzene ring substituents is 1. The molecule has 0 aliphatic carbocycles. The molecule has 0 aromatic heterocycles. The number of hydrogen-bond acceptors (Lipinski definition) is 5. The molecule has 1 saturated heterocycles. The van der Waals surface area contributed by atoms with Crippen LogP contribution in [0.1, 0.15) is 12.0 Å². The van der Waals surface area contributed by atoms with Gasteiger partial charge in [-0.05, 0) is 18.6 Å². The third-order valence-electron chi connectivity index (χ3n) is 3.29. The Bertz CT molecular complexity index is 601. The molecule has 1 aromatic rings. The molecule has 0 radical (unpaired) electrons. The van der Waals surface area contributed by atoms with Gasteiger partial charge in [0, 0.05) is 30.9 Å². The number of nitro benzene ring substituents is 1. The van der Waals surface area contributed by atoms with E-state index in [0.29, 0.717) is 24.3 Å². The van der Waals surface area contributed by atoms with Crippen LogP contribution in [-0.2, 0) is 9.59 Å². The van der Waals surface area contributed by atoms with Crippen molar-refractivity contribution >= 4 is 23.3 Å². The summed E-state index contributed by atoms with van der Waals surface area (Å²) in [5.74, 6) is -1.47. The van der Waals surface area contributed by atoms with Crippen molar-refractivity contribution < 1.29 is 19.6 Å². The summed E-state index contributed by atoms with van der Waals surface area (Å²) < 4.78 is 0. The summed E-state index contributed by atoms with van der Waals surface area (Å²) in [6.07, 6.45) is -0.354. The Hall–Kier alpha value is -2.64. The molecule has 112 valence electrons. The zero-order valence-electron chi connectivity index (χ0n) is 11.4. The van der Waals surface area contributed by atoms with Crippen LogP contribution >= 0.6 is 0 Å². The van der Waals surface area contributed by atoms with Crippen LogP contribution in [0.4, 0.5) is 11.4 Å². The van der Waals surface area contributed by atoms with Crippen LogP contribution in [0, 0.1) is 17.0 Å². The molecule has 8 heteroatoms. The van der Waals surface area contributed by atoms with E-state index in [1.54, 1.807) is 17.9 Å². The zero-order valence-corrected chi connectivity index (χ0v) is 11.4. The number of nitrogens with zero attached hydrogens (tertiary/aromatic N) is 2. The summed E-state index contributed by atoms with van der Waals surface area (Å²) >= 11 is 0. The normalized spacial score (nSPS) is 18.2. The molecule has 0 bridgehead atoms. The molecule has 1 aromatic carbocycles. The Labute approximate surface area is 120 Å². The van der Waals surface area contributed by atoms with Gasteiger partial charge in [-0.25, -0.2) is 0 Å². The fraction of sp³-hybridized carbons (Fsp3) is 0.385. The number of aryl methyl sites for hydroxylation is 1. The number of carboxylic acid groups (broad SMARTS) is 1. The summed E-state index contributed by atoms with van der Waals surface area (Å²) in [5, 5.41) is 22.5. The lowest BCUT2D eigenvalue weighted by Gasteiger charge is -2.36. The van der Waals surface area contributed by atoms with E-state index >= 15 is 0 Å². The largest absolute Gasteiger partial charge is 0.481 e. The van der Waals surface area contributed by atoms with Crippen molar-refractivity contribution in [1.82, 2.24) is 5.32 Å². The van der Waals surface area contributed by atoms with Crippen molar-refractivity contribution in [1.29, 1.82) is 0 Å². The van der Waals surface area contributed by atoms with E-state index in [4.69, 9.17) is 5.11 Å². The second-order valence-electron chi connectivity index (χ2n) is 4.88. The van der Waals surface area contributed by atoms with Crippen LogP contribution in [0.15, 0.2) is 18.2 Å². The van der Waals surface area contributed by atoms with Crippen molar-refractivity contribution in [2.45, 2.75) is 19.4 Å².